The molecule has 1 aromatic heterocycles. The number of aryl methyl sites for hydroxylation is 2. The van der Waals surface area contributed by atoms with Crippen molar-refractivity contribution in [3.8, 4) is 5.75 Å². The predicted molar refractivity (Wildman–Crippen MR) is 102 cm³/mol. The molecule has 0 atom stereocenters. The lowest BCUT2D eigenvalue weighted by molar-refractivity contribution is 0.0942. The van der Waals surface area contributed by atoms with Crippen LogP contribution < -0.4 is 15.4 Å². The van der Waals surface area contributed by atoms with Crippen LogP contribution in [0.2, 0.25) is 0 Å². The fourth-order valence-electron chi connectivity index (χ4n) is 3.07. The van der Waals surface area contributed by atoms with Crippen molar-refractivity contribution < 1.29 is 9.53 Å². The van der Waals surface area contributed by atoms with E-state index in [4.69, 9.17) is 4.74 Å². The molecule has 7 nitrogen and oxygen atoms in total. The highest BCUT2D eigenvalue weighted by molar-refractivity contribution is 5.91. The molecule has 0 aliphatic carbocycles. The van der Waals surface area contributed by atoms with Crippen molar-refractivity contribution in [3.63, 3.8) is 0 Å². The molecule has 8 heteroatoms. The normalized spacial score (nSPS) is 14.5. The number of rotatable bonds is 6. The van der Waals surface area contributed by atoms with E-state index in [1.807, 2.05) is 30.7 Å². The maximum absolute atomic E-state index is 12.2. The third-order valence-electron chi connectivity index (χ3n) is 4.28. The van der Waals surface area contributed by atoms with Gasteiger partial charge < -0.3 is 15.4 Å². The molecule has 0 bridgehead atoms. The maximum Gasteiger partial charge on any atom is 0.273 e. The van der Waals surface area contributed by atoms with Gasteiger partial charge in [0.05, 0.1) is 18.8 Å². The molecule has 1 amide bonds. The van der Waals surface area contributed by atoms with E-state index < -0.39 is 0 Å². The molecule has 0 radical (unpaired) electrons. The Hall–Kier alpha value is -2.12. The van der Waals surface area contributed by atoms with Gasteiger partial charge in [0, 0.05) is 0 Å². The van der Waals surface area contributed by atoms with E-state index in [0.29, 0.717) is 24.9 Å². The predicted octanol–water partition coefficient (Wildman–Crippen LogP) is 2.05. The molecule has 2 heterocycles. The Kier molecular flexibility index (Phi) is 7.41. The highest BCUT2D eigenvalue weighted by Crippen LogP contribution is 2.17. The monoisotopic (exact) mass is 379 g/mol. The molecule has 1 saturated heterocycles. The van der Waals surface area contributed by atoms with Gasteiger partial charge in [-0.3, -0.25) is 4.79 Å². The summed E-state index contributed by atoms with van der Waals surface area (Å²) in [5.41, 5.74) is 2.67. The van der Waals surface area contributed by atoms with Gasteiger partial charge in [-0.05, 0) is 63.0 Å². The first kappa shape index (κ1) is 20.2. The molecule has 0 saturated carbocycles. The Morgan fingerprint density at radius 3 is 2.65 bits per heavy atom. The zero-order valence-corrected chi connectivity index (χ0v) is 16.0. The summed E-state index contributed by atoms with van der Waals surface area (Å²) in [5, 5.41) is 14.2. The van der Waals surface area contributed by atoms with Crippen LogP contribution in [0.3, 0.4) is 0 Å². The van der Waals surface area contributed by atoms with Gasteiger partial charge in [-0.1, -0.05) is 11.3 Å². The van der Waals surface area contributed by atoms with Crippen molar-refractivity contribution in [1.82, 2.24) is 25.6 Å². The van der Waals surface area contributed by atoms with Crippen molar-refractivity contribution >= 4 is 18.3 Å². The highest BCUT2D eigenvalue weighted by atomic mass is 35.5. The van der Waals surface area contributed by atoms with Gasteiger partial charge in [-0.2, -0.15) is 0 Å². The second kappa shape index (κ2) is 9.54. The first-order valence-corrected chi connectivity index (χ1v) is 8.73. The standard InChI is InChI=1S/C18H25N5O2.ClH/c1-13-9-14(2)11-16(10-13)25-8-7-20-18(24)17-12-23(22-21-17)15-3-5-19-6-4-15;/h9-12,15,19H,3-8H2,1-2H3,(H,20,24);1H. The summed E-state index contributed by atoms with van der Waals surface area (Å²) in [5.74, 6) is 0.604. The number of hydrogen-bond acceptors (Lipinski definition) is 5. The summed E-state index contributed by atoms with van der Waals surface area (Å²) < 4.78 is 7.50. The van der Waals surface area contributed by atoms with Crippen molar-refractivity contribution in [1.29, 1.82) is 0 Å². The van der Waals surface area contributed by atoms with Crippen molar-refractivity contribution in [3.05, 3.63) is 41.2 Å². The van der Waals surface area contributed by atoms with E-state index in [1.165, 1.54) is 0 Å². The Balaban J connectivity index is 0.00000243. The number of carbonyl (C=O) groups is 1. The van der Waals surface area contributed by atoms with E-state index in [1.54, 1.807) is 6.20 Å². The Morgan fingerprint density at radius 1 is 1.27 bits per heavy atom. The van der Waals surface area contributed by atoms with Gasteiger partial charge in [-0.25, -0.2) is 4.68 Å². The number of aromatic nitrogens is 3. The van der Waals surface area contributed by atoms with Crippen LogP contribution >= 0.6 is 12.4 Å². The number of ether oxygens (including phenoxy) is 1. The molecule has 1 aliphatic heterocycles. The van der Waals surface area contributed by atoms with Crippen molar-refractivity contribution in [2.45, 2.75) is 32.7 Å². The fourth-order valence-corrected chi connectivity index (χ4v) is 3.07. The van der Waals surface area contributed by atoms with Crippen LogP contribution in [-0.2, 0) is 0 Å². The first-order chi connectivity index (χ1) is 12.1. The molecule has 3 rings (SSSR count). The number of piperidine rings is 1. The molecule has 1 aliphatic rings. The van der Waals surface area contributed by atoms with Crippen LogP contribution in [0.15, 0.2) is 24.4 Å². The van der Waals surface area contributed by atoms with Gasteiger partial charge >= 0.3 is 0 Å². The summed E-state index contributed by atoms with van der Waals surface area (Å²) in [6.07, 6.45) is 3.75. The molecule has 142 valence electrons. The van der Waals surface area contributed by atoms with Crippen molar-refractivity contribution in [2.24, 2.45) is 0 Å². The largest absolute Gasteiger partial charge is 0.492 e. The van der Waals surface area contributed by atoms with Crippen LogP contribution in [0.5, 0.6) is 5.75 Å². The van der Waals surface area contributed by atoms with E-state index in [2.05, 4.69) is 27.0 Å². The van der Waals surface area contributed by atoms with Gasteiger partial charge in [0.1, 0.15) is 12.4 Å². The van der Waals surface area contributed by atoms with E-state index >= 15 is 0 Å². The topological polar surface area (TPSA) is 81.1 Å². The minimum Gasteiger partial charge on any atom is -0.492 e. The third-order valence-corrected chi connectivity index (χ3v) is 4.28. The van der Waals surface area contributed by atoms with Gasteiger partial charge in [0.25, 0.3) is 5.91 Å². The van der Waals surface area contributed by atoms with Gasteiger partial charge in [0.15, 0.2) is 5.69 Å². The van der Waals surface area contributed by atoms with Crippen LogP contribution in [0, 0.1) is 13.8 Å². The lowest BCUT2D eigenvalue weighted by Gasteiger charge is -2.22. The quantitative estimate of drug-likeness (QED) is 0.751. The zero-order valence-electron chi connectivity index (χ0n) is 15.2. The molecule has 1 fully saturated rings. The number of carbonyl (C=O) groups excluding carboxylic acids is 1. The summed E-state index contributed by atoms with van der Waals surface area (Å²) in [6.45, 7) is 6.85. The molecule has 2 N–H and O–H groups in total. The fraction of sp³-hybridized carbons (Fsp3) is 0.500. The number of hydrogen-bond donors (Lipinski definition) is 2. The van der Waals surface area contributed by atoms with Crippen LogP contribution in [-0.4, -0.2) is 47.1 Å². The molecule has 2 aromatic rings. The number of halogens is 1. The lowest BCUT2D eigenvalue weighted by Crippen LogP contribution is -2.30. The molecular weight excluding hydrogens is 354 g/mol. The van der Waals surface area contributed by atoms with Crippen molar-refractivity contribution in [2.75, 3.05) is 26.2 Å². The van der Waals surface area contributed by atoms with E-state index in [-0.39, 0.29) is 18.3 Å². The Morgan fingerprint density at radius 2 is 1.96 bits per heavy atom. The number of nitrogens with zero attached hydrogens (tertiary/aromatic N) is 3. The minimum atomic E-state index is -0.218. The van der Waals surface area contributed by atoms with Gasteiger partial charge in [-0.15, -0.1) is 17.5 Å². The zero-order chi connectivity index (χ0) is 17.6. The van der Waals surface area contributed by atoms with Crippen LogP contribution in [0.1, 0.15) is 40.5 Å². The second-order valence-corrected chi connectivity index (χ2v) is 6.49. The van der Waals surface area contributed by atoms with Crippen LogP contribution in [0.25, 0.3) is 0 Å². The third kappa shape index (κ3) is 5.44. The molecular formula is C18H26ClN5O2. The minimum absolute atomic E-state index is 0. The lowest BCUT2D eigenvalue weighted by atomic mass is 10.1. The first-order valence-electron chi connectivity index (χ1n) is 8.73. The maximum atomic E-state index is 12.2. The average molecular weight is 380 g/mol. The molecule has 1 aromatic carbocycles. The molecule has 0 spiro atoms. The summed E-state index contributed by atoms with van der Waals surface area (Å²) in [4.78, 5) is 12.2. The van der Waals surface area contributed by atoms with E-state index in [9.17, 15) is 4.79 Å². The van der Waals surface area contributed by atoms with E-state index in [0.717, 1.165) is 42.8 Å². The summed E-state index contributed by atoms with van der Waals surface area (Å²) >= 11 is 0. The number of amides is 1. The summed E-state index contributed by atoms with van der Waals surface area (Å²) in [6, 6.07) is 6.39. The average Bonchev–Trinajstić information content (AvgIpc) is 3.09. The number of benzene rings is 1. The smallest absolute Gasteiger partial charge is 0.273 e. The molecule has 26 heavy (non-hydrogen) atoms. The van der Waals surface area contributed by atoms with Crippen LogP contribution in [0.4, 0.5) is 0 Å². The second-order valence-electron chi connectivity index (χ2n) is 6.49. The van der Waals surface area contributed by atoms with Gasteiger partial charge in [0.2, 0.25) is 0 Å². The Labute approximate surface area is 159 Å². The Bertz CT molecular complexity index is 708. The molecule has 0 unspecified atom stereocenters. The summed E-state index contributed by atoms with van der Waals surface area (Å²) in [7, 11) is 0. The number of nitrogens with one attached hydrogen (secondary N) is 2. The highest BCUT2D eigenvalue weighted by Gasteiger charge is 2.18. The SMILES string of the molecule is Cc1cc(C)cc(OCCNC(=O)c2cn(C3CCNCC3)nn2)c1.Cl.